The third-order valence-electron chi connectivity index (χ3n) is 4.77. The smallest absolute Gasteiger partial charge is 0.294 e. The second-order valence-corrected chi connectivity index (χ2v) is 10.1. The molecule has 0 N–H and O–H groups in total. The van der Waals surface area contributed by atoms with Gasteiger partial charge >= 0.3 is 0 Å². The van der Waals surface area contributed by atoms with Gasteiger partial charge in [0.2, 0.25) is 0 Å². The van der Waals surface area contributed by atoms with Crippen LogP contribution in [-0.2, 0) is 28.6 Å². The Hall–Kier alpha value is -0.580. The van der Waals surface area contributed by atoms with Gasteiger partial charge in [0.05, 0.1) is 43.0 Å². The number of thioether (sulfide) groups is 1. The Morgan fingerprint density at radius 2 is 1.34 bits per heavy atom. The Kier molecular flexibility index (Phi) is 13.5. The summed E-state index contributed by atoms with van der Waals surface area (Å²) < 4.78 is 21.5. The van der Waals surface area contributed by atoms with E-state index >= 15 is 0 Å². The van der Waals surface area contributed by atoms with Crippen molar-refractivity contribution >= 4 is 40.3 Å². The lowest BCUT2D eigenvalue weighted by molar-refractivity contribution is -0.769. The molecule has 4 heterocycles. The second kappa shape index (κ2) is 14.6. The fourth-order valence-electron chi connectivity index (χ4n) is 3.63. The van der Waals surface area contributed by atoms with E-state index in [-0.39, 0.29) is 55.6 Å². The van der Waals surface area contributed by atoms with Crippen LogP contribution in [0.25, 0.3) is 0 Å². The summed E-state index contributed by atoms with van der Waals surface area (Å²) in [6.07, 6.45) is -2.01. The summed E-state index contributed by atoms with van der Waals surface area (Å²) in [5.41, 5.74) is 0. The summed E-state index contributed by atoms with van der Waals surface area (Å²) in [7, 11) is 0. The second-order valence-electron chi connectivity index (χ2n) is 6.76. The van der Waals surface area contributed by atoms with Crippen molar-refractivity contribution in [2.45, 2.75) is 68.4 Å². The van der Waals surface area contributed by atoms with Crippen LogP contribution < -0.4 is 0 Å². The topological polar surface area (TPSA) is 142 Å². The molecule has 0 bridgehead atoms. The molecule has 4 saturated heterocycles. The largest absolute Gasteiger partial charge is 0.372 e. The quantitative estimate of drug-likeness (QED) is 0.218. The molecule has 0 aromatic carbocycles. The molecule has 4 aliphatic rings. The molecule has 0 aromatic rings. The van der Waals surface area contributed by atoms with Gasteiger partial charge in [-0.15, -0.1) is 20.2 Å². The summed E-state index contributed by atoms with van der Waals surface area (Å²) in [4.78, 5) is 29.2. The van der Waals surface area contributed by atoms with E-state index in [4.69, 9.17) is 18.9 Å². The van der Waals surface area contributed by atoms with Gasteiger partial charge in [0, 0.05) is 5.33 Å². The molecule has 0 unspecified atom stereocenters. The zero-order valence-electron chi connectivity index (χ0n) is 17.1. The number of hydrogen-bond donors (Lipinski definition) is 1. The Balaban J connectivity index is 0.000000280. The van der Waals surface area contributed by atoms with E-state index in [2.05, 4.69) is 45.2 Å². The molecule has 0 spiro atoms. The molecular formula is C17H31BrN2O10S2. The lowest BCUT2D eigenvalue weighted by Crippen LogP contribution is -2.33. The predicted molar refractivity (Wildman–Crippen MR) is 124 cm³/mol. The first-order chi connectivity index (χ1) is 14.8. The molecular weight excluding hydrogens is 536 g/mol. The third-order valence-corrected chi connectivity index (χ3v) is 6.38. The van der Waals surface area contributed by atoms with E-state index in [1.54, 1.807) is 11.8 Å². The van der Waals surface area contributed by atoms with Gasteiger partial charge in [-0.05, 0) is 5.75 Å². The van der Waals surface area contributed by atoms with Crippen LogP contribution in [0.1, 0.15) is 21.3 Å². The predicted octanol–water partition coefficient (Wildman–Crippen LogP) is 2.18. The zero-order chi connectivity index (χ0) is 23.0. The number of hydrogen-bond acceptors (Lipinski definition) is 12. The minimum atomic E-state index is -0.814. The number of nitrogens with zero attached hydrogens (tertiary/aromatic N) is 2. The van der Waals surface area contributed by atoms with Gasteiger partial charge < -0.3 is 28.6 Å². The van der Waals surface area contributed by atoms with E-state index in [1.807, 2.05) is 6.92 Å². The highest BCUT2D eigenvalue weighted by Crippen LogP contribution is 2.35. The van der Waals surface area contributed by atoms with E-state index < -0.39 is 22.4 Å². The van der Waals surface area contributed by atoms with Crippen LogP contribution in [0.15, 0.2) is 0 Å². The summed E-state index contributed by atoms with van der Waals surface area (Å²) in [5.74, 6) is 0.987. The van der Waals surface area contributed by atoms with E-state index in [0.717, 1.165) is 11.1 Å². The lowest BCUT2D eigenvalue weighted by atomic mass is 10.1. The molecule has 4 aliphatic heterocycles. The normalized spacial score (nSPS) is 36.4. The first kappa shape index (κ1) is 29.5. The number of alkyl halides is 1. The Morgan fingerprint density at radius 1 is 0.906 bits per heavy atom. The number of rotatable bonds is 6. The van der Waals surface area contributed by atoms with Gasteiger partial charge in [-0.25, -0.2) is 0 Å². The van der Waals surface area contributed by atoms with E-state index in [9.17, 15) is 20.2 Å². The van der Waals surface area contributed by atoms with Gasteiger partial charge in [-0.3, -0.25) is 0 Å². The maximum atomic E-state index is 10.2. The standard InChI is InChI=1S/C8H13NO5S.C6H9NO5S.C2H5Br.CH4/c1-2-15-6-4-13-7-5(14-9(10)11)3-12-8(6)7;8-7(9)12-3-1-10-6-4(13)2-11-5(3)6;1-2-3;/h5-8H,2-4H2,1H3;3-6,13H,1-2H2;2H2,1H3;1H4/t5-,6+,7-,8-;3-,4+,5-,6-;;/m11../s1. The minimum Gasteiger partial charge on any atom is -0.372 e. The van der Waals surface area contributed by atoms with Gasteiger partial charge in [0.15, 0.2) is 12.2 Å². The van der Waals surface area contributed by atoms with E-state index in [1.165, 1.54) is 0 Å². The van der Waals surface area contributed by atoms with E-state index in [0.29, 0.717) is 13.2 Å². The lowest BCUT2D eigenvalue weighted by Gasteiger charge is -2.14. The SMILES string of the molecule is C.CCBr.CCS[C@H]1CO[C@H]2[C@@H]1OC[C@H]2O[N+](=O)[O-].O=[N+]([O-])O[C@@H]1CO[C@H]2[C@@H]1OC[C@@H]2S. The molecule has 4 fully saturated rings. The van der Waals surface area contributed by atoms with Crippen molar-refractivity contribution in [3.8, 4) is 0 Å². The van der Waals surface area contributed by atoms with Gasteiger partial charge in [-0.1, -0.05) is 37.2 Å². The van der Waals surface area contributed by atoms with Crippen molar-refractivity contribution in [2.24, 2.45) is 0 Å². The first-order valence-electron chi connectivity index (χ1n) is 9.76. The first-order valence-corrected chi connectivity index (χ1v) is 12.4. The van der Waals surface area contributed by atoms with Crippen molar-refractivity contribution in [3.63, 3.8) is 0 Å². The number of halogens is 1. The summed E-state index contributed by atoms with van der Waals surface area (Å²) in [5, 5.41) is 20.0. The number of ether oxygens (including phenoxy) is 4. The van der Waals surface area contributed by atoms with Crippen molar-refractivity contribution in [1.82, 2.24) is 0 Å². The van der Waals surface area contributed by atoms with Crippen LogP contribution in [-0.4, -0.2) is 94.8 Å². The molecule has 0 amide bonds. The minimum absolute atomic E-state index is 0. The number of thiol groups is 1. The fraction of sp³-hybridized carbons (Fsp3) is 1.00. The molecule has 0 saturated carbocycles. The Morgan fingerprint density at radius 3 is 1.84 bits per heavy atom. The molecule has 8 atom stereocenters. The molecule has 15 heteroatoms. The molecule has 32 heavy (non-hydrogen) atoms. The van der Waals surface area contributed by atoms with Crippen molar-refractivity contribution in [2.75, 3.05) is 37.5 Å². The maximum absolute atomic E-state index is 10.2. The van der Waals surface area contributed by atoms with Crippen molar-refractivity contribution in [3.05, 3.63) is 20.2 Å². The highest BCUT2D eigenvalue weighted by molar-refractivity contribution is 9.09. The maximum Gasteiger partial charge on any atom is 0.294 e. The Bertz CT molecular complexity index is 596. The fourth-order valence-corrected chi connectivity index (χ4v) is 5.00. The molecule has 12 nitrogen and oxygen atoms in total. The third kappa shape index (κ3) is 8.02. The van der Waals surface area contributed by atoms with Gasteiger partial charge in [-0.2, -0.15) is 24.4 Å². The average Bonchev–Trinajstić information content (AvgIpc) is 3.44. The van der Waals surface area contributed by atoms with Crippen LogP contribution >= 0.6 is 40.3 Å². The van der Waals surface area contributed by atoms with Crippen molar-refractivity contribution < 1.29 is 38.8 Å². The molecule has 0 aliphatic carbocycles. The molecule has 4 rings (SSSR count). The van der Waals surface area contributed by atoms with Crippen LogP contribution in [0, 0.1) is 20.2 Å². The van der Waals surface area contributed by atoms with Crippen LogP contribution in [0.4, 0.5) is 0 Å². The molecule has 188 valence electrons. The number of fused-ring (bicyclic) bond motifs is 2. The summed E-state index contributed by atoms with van der Waals surface area (Å²) in [6, 6.07) is 0. The Labute approximate surface area is 205 Å². The highest BCUT2D eigenvalue weighted by Gasteiger charge is 2.49. The van der Waals surface area contributed by atoms with Crippen molar-refractivity contribution in [1.29, 1.82) is 0 Å². The molecule has 0 aromatic heterocycles. The van der Waals surface area contributed by atoms with Gasteiger partial charge in [0.25, 0.3) is 10.2 Å². The zero-order valence-corrected chi connectivity index (χ0v) is 20.4. The summed E-state index contributed by atoms with van der Waals surface area (Å²) in [6.45, 7) is 5.60. The van der Waals surface area contributed by atoms with Crippen LogP contribution in [0.2, 0.25) is 0 Å². The molecule has 0 radical (unpaired) electrons. The van der Waals surface area contributed by atoms with Crippen LogP contribution in [0.5, 0.6) is 0 Å². The summed E-state index contributed by atoms with van der Waals surface area (Å²) >= 11 is 9.13. The monoisotopic (exact) mass is 566 g/mol. The average molecular weight is 567 g/mol. The highest BCUT2D eigenvalue weighted by atomic mass is 79.9. The van der Waals surface area contributed by atoms with Crippen LogP contribution in [0.3, 0.4) is 0 Å². The van der Waals surface area contributed by atoms with Gasteiger partial charge in [0.1, 0.15) is 18.3 Å².